The molecule has 0 radical (unpaired) electrons. The first-order valence-electron chi connectivity index (χ1n) is 11.1. The lowest BCUT2D eigenvalue weighted by Crippen LogP contribution is -2.26. The summed E-state index contributed by atoms with van der Waals surface area (Å²) in [6.45, 7) is 4.04. The number of carbonyl (C=O) groups excluding carboxylic acids is 2. The van der Waals surface area contributed by atoms with E-state index in [0.717, 1.165) is 22.2 Å². The lowest BCUT2D eigenvalue weighted by molar-refractivity contribution is -0.117. The number of para-hydroxylation sites is 1. The zero-order valence-corrected chi connectivity index (χ0v) is 20.1. The molecule has 0 spiro atoms. The molecule has 176 valence electrons. The van der Waals surface area contributed by atoms with Crippen LogP contribution in [0.5, 0.6) is 0 Å². The van der Waals surface area contributed by atoms with E-state index in [1.807, 2.05) is 56.4 Å². The first-order valence-corrected chi connectivity index (χ1v) is 11.5. The predicted octanol–water partition coefficient (Wildman–Crippen LogP) is 4.89. The number of hydrogen-bond donors (Lipinski definition) is 3. The normalized spacial score (nSPS) is 11.3. The van der Waals surface area contributed by atoms with Gasteiger partial charge in [-0.25, -0.2) is 0 Å². The maximum atomic E-state index is 12.7. The number of nitrogens with one attached hydrogen (secondary N) is 3. The van der Waals surface area contributed by atoms with E-state index in [4.69, 9.17) is 11.6 Å². The Morgan fingerprint density at radius 1 is 1.14 bits per heavy atom. The molecule has 4 aromatic rings. The van der Waals surface area contributed by atoms with Gasteiger partial charge < -0.3 is 10.3 Å². The minimum absolute atomic E-state index is 0.00629. The van der Waals surface area contributed by atoms with Crippen LogP contribution in [0.4, 0.5) is 0 Å². The molecule has 0 aliphatic carbocycles. The Bertz CT molecular complexity index is 1470. The summed E-state index contributed by atoms with van der Waals surface area (Å²) in [6, 6.07) is 18.4. The Morgan fingerprint density at radius 3 is 2.63 bits per heavy atom. The zero-order valence-electron chi connectivity index (χ0n) is 19.4. The van der Waals surface area contributed by atoms with Crippen LogP contribution in [0.2, 0.25) is 5.02 Å². The van der Waals surface area contributed by atoms with Crippen LogP contribution in [0, 0.1) is 25.2 Å². The van der Waals surface area contributed by atoms with Crippen LogP contribution in [-0.2, 0) is 11.2 Å². The molecule has 0 fully saturated rings. The number of halogens is 1. The lowest BCUT2D eigenvalue weighted by atomic mass is 10.1. The second-order valence-electron chi connectivity index (χ2n) is 8.14. The summed E-state index contributed by atoms with van der Waals surface area (Å²) < 4.78 is 1.63. The van der Waals surface area contributed by atoms with Crippen molar-refractivity contribution in [3.8, 4) is 6.07 Å². The molecular formula is C27H24ClN5O2. The summed E-state index contributed by atoms with van der Waals surface area (Å²) in [7, 11) is 0. The Balaban J connectivity index is 1.44. The van der Waals surface area contributed by atoms with E-state index in [1.54, 1.807) is 28.9 Å². The number of aromatic amines is 1. The second-order valence-corrected chi connectivity index (χ2v) is 8.58. The molecule has 8 heteroatoms. The Labute approximate surface area is 208 Å². The summed E-state index contributed by atoms with van der Waals surface area (Å²) in [5, 5.41) is 14.1. The number of carbonyl (C=O) groups is 2. The number of aromatic nitrogens is 2. The highest BCUT2D eigenvalue weighted by molar-refractivity contribution is 6.30. The van der Waals surface area contributed by atoms with E-state index in [9.17, 15) is 14.9 Å². The standard InChI is InChI=1S/C27H24ClN5O2/c1-17-13-21(18(2)33(17)32-27(35)19-7-9-23(28)10-8-19)14-22(15-29)26(34)30-12-11-20-16-31-25-6-4-3-5-24(20)25/h3-10,13-14,16,31H,11-12H2,1-2H3,(H,30,34)(H,32,35)/b22-14-. The van der Waals surface area contributed by atoms with E-state index in [2.05, 4.69) is 15.7 Å². The number of nitrogens with zero attached hydrogens (tertiary/aromatic N) is 2. The van der Waals surface area contributed by atoms with Gasteiger partial charge in [0, 0.05) is 45.6 Å². The molecule has 7 nitrogen and oxygen atoms in total. The number of aryl methyl sites for hydroxylation is 1. The van der Waals surface area contributed by atoms with Crippen LogP contribution in [-0.4, -0.2) is 28.0 Å². The Morgan fingerprint density at radius 2 is 1.89 bits per heavy atom. The van der Waals surface area contributed by atoms with Crippen molar-refractivity contribution in [2.24, 2.45) is 0 Å². The van der Waals surface area contributed by atoms with Gasteiger partial charge >= 0.3 is 0 Å². The first-order chi connectivity index (χ1) is 16.9. The van der Waals surface area contributed by atoms with Gasteiger partial charge in [-0.1, -0.05) is 29.8 Å². The lowest BCUT2D eigenvalue weighted by Gasteiger charge is -2.11. The van der Waals surface area contributed by atoms with Gasteiger partial charge in [0.1, 0.15) is 11.6 Å². The molecule has 4 rings (SSSR count). The summed E-state index contributed by atoms with van der Waals surface area (Å²) in [4.78, 5) is 28.5. The SMILES string of the molecule is Cc1cc(/C=C(/C#N)C(=O)NCCc2c[nH]c3ccccc23)c(C)n1NC(=O)c1ccc(Cl)cc1. The number of fused-ring (bicyclic) bond motifs is 1. The average molecular weight is 486 g/mol. The van der Waals surface area contributed by atoms with Gasteiger partial charge in [0.05, 0.1) is 0 Å². The van der Waals surface area contributed by atoms with Gasteiger partial charge in [-0.05, 0) is 73.9 Å². The van der Waals surface area contributed by atoms with Crippen molar-refractivity contribution < 1.29 is 9.59 Å². The molecule has 0 unspecified atom stereocenters. The highest BCUT2D eigenvalue weighted by Crippen LogP contribution is 2.19. The van der Waals surface area contributed by atoms with Crippen molar-refractivity contribution in [2.45, 2.75) is 20.3 Å². The number of amides is 2. The number of benzene rings is 2. The number of rotatable bonds is 7. The third kappa shape index (κ3) is 5.29. The molecule has 2 aromatic carbocycles. The highest BCUT2D eigenvalue weighted by atomic mass is 35.5. The van der Waals surface area contributed by atoms with Crippen LogP contribution < -0.4 is 10.7 Å². The molecule has 0 aliphatic heterocycles. The third-order valence-corrected chi connectivity index (χ3v) is 6.06. The monoisotopic (exact) mass is 485 g/mol. The van der Waals surface area contributed by atoms with E-state index in [-0.39, 0.29) is 11.5 Å². The van der Waals surface area contributed by atoms with E-state index < -0.39 is 5.91 Å². The fraction of sp³-hybridized carbons (Fsp3) is 0.148. The van der Waals surface area contributed by atoms with Gasteiger partial charge in [0.25, 0.3) is 11.8 Å². The van der Waals surface area contributed by atoms with Gasteiger partial charge in [0.2, 0.25) is 0 Å². The summed E-state index contributed by atoms with van der Waals surface area (Å²) in [6.07, 6.45) is 4.11. The fourth-order valence-electron chi connectivity index (χ4n) is 3.92. The summed E-state index contributed by atoms with van der Waals surface area (Å²) in [5.74, 6) is -0.739. The summed E-state index contributed by atoms with van der Waals surface area (Å²) in [5.41, 5.74) is 7.57. The molecular weight excluding hydrogens is 462 g/mol. The van der Waals surface area contributed by atoms with Crippen LogP contribution in [0.3, 0.4) is 0 Å². The van der Waals surface area contributed by atoms with Crippen LogP contribution in [0.25, 0.3) is 17.0 Å². The van der Waals surface area contributed by atoms with E-state index >= 15 is 0 Å². The van der Waals surface area contributed by atoms with Crippen molar-refractivity contribution >= 4 is 40.4 Å². The molecule has 0 atom stereocenters. The maximum Gasteiger partial charge on any atom is 0.270 e. The van der Waals surface area contributed by atoms with E-state index in [1.165, 1.54) is 6.08 Å². The van der Waals surface area contributed by atoms with Gasteiger partial charge in [-0.2, -0.15) is 5.26 Å². The molecule has 2 heterocycles. The van der Waals surface area contributed by atoms with Gasteiger partial charge in [-0.3, -0.25) is 19.7 Å². The maximum absolute atomic E-state index is 12.7. The van der Waals surface area contributed by atoms with Crippen LogP contribution >= 0.6 is 11.6 Å². The van der Waals surface area contributed by atoms with Crippen molar-refractivity contribution in [2.75, 3.05) is 12.0 Å². The molecule has 0 saturated carbocycles. The Hall–Kier alpha value is -4.28. The number of nitriles is 1. The molecule has 2 amide bonds. The predicted molar refractivity (Wildman–Crippen MR) is 138 cm³/mol. The van der Waals surface area contributed by atoms with E-state index in [0.29, 0.717) is 34.8 Å². The minimum Gasteiger partial charge on any atom is -0.361 e. The minimum atomic E-state index is -0.442. The smallest absolute Gasteiger partial charge is 0.270 e. The quantitative estimate of drug-likeness (QED) is 0.256. The first kappa shape index (κ1) is 23.9. The van der Waals surface area contributed by atoms with Crippen LogP contribution in [0.1, 0.15) is 32.9 Å². The largest absolute Gasteiger partial charge is 0.361 e. The topological polar surface area (TPSA) is 103 Å². The van der Waals surface area contributed by atoms with Crippen molar-refractivity contribution in [1.29, 1.82) is 5.26 Å². The second kappa shape index (κ2) is 10.3. The van der Waals surface area contributed by atoms with Crippen molar-refractivity contribution in [1.82, 2.24) is 15.0 Å². The molecule has 0 aliphatic rings. The average Bonchev–Trinajstić information content (AvgIpc) is 3.38. The van der Waals surface area contributed by atoms with Gasteiger partial charge in [-0.15, -0.1) is 0 Å². The number of hydrogen-bond acceptors (Lipinski definition) is 3. The highest BCUT2D eigenvalue weighted by Gasteiger charge is 2.15. The van der Waals surface area contributed by atoms with Gasteiger partial charge in [0.15, 0.2) is 0 Å². The zero-order chi connectivity index (χ0) is 24.9. The van der Waals surface area contributed by atoms with Crippen LogP contribution in [0.15, 0.2) is 66.4 Å². The summed E-state index contributed by atoms with van der Waals surface area (Å²) >= 11 is 5.89. The third-order valence-electron chi connectivity index (χ3n) is 5.81. The molecule has 2 aromatic heterocycles. The van der Waals surface area contributed by atoms with Crippen molar-refractivity contribution in [3.05, 3.63) is 99.5 Å². The van der Waals surface area contributed by atoms with Crippen molar-refractivity contribution in [3.63, 3.8) is 0 Å². The Kier molecular flexibility index (Phi) is 7.04. The number of H-pyrrole nitrogens is 1. The fourth-order valence-corrected chi connectivity index (χ4v) is 4.05. The molecule has 0 saturated heterocycles. The molecule has 35 heavy (non-hydrogen) atoms. The molecule has 3 N–H and O–H groups in total. The molecule has 0 bridgehead atoms.